The van der Waals surface area contributed by atoms with Crippen molar-refractivity contribution in [1.29, 1.82) is 0 Å². The molecule has 0 aliphatic rings. The van der Waals surface area contributed by atoms with E-state index in [1.54, 1.807) is 53.4 Å². The van der Waals surface area contributed by atoms with Gasteiger partial charge in [0.05, 0.1) is 0 Å². The topological polar surface area (TPSA) is 83.6 Å². The number of primary amides is 1. The molecular weight excluding hydrogens is 304 g/mol. The quantitative estimate of drug-likeness (QED) is 0.850. The molecule has 0 heterocycles. The second-order valence-electron chi connectivity index (χ2n) is 5.50. The Morgan fingerprint density at radius 2 is 1.58 bits per heavy atom. The standard InChI is InChI=1S/C19H22N2O3/c1-3-21(4-2)17(22)14-9-8-12-16(13-14)19(24,18(20)23)15-10-6-5-7-11-15/h5-13,24H,3-4H2,1-2H3,(H2,20,23). The first kappa shape index (κ1) is 17.7. The summed E-state index contributed by atoms with van der Waals surface area (Å²) < 4.78 is 0. The molecule has 0 aromatic heterocycles. The molecule has 0 aliphatic carbocycles. The average Bonchev–Trinajstić information content (AvgIpc) is 2.62. The molecule has 1 atom stereocenters. The van der Waals surface area contributed by atoms with E-state index in [1.807, 2.05) is 13.8 Å². The van der Waals surface area contributed by atoms with Crippen molar-refractivity contribution in [3.05, 3.63) is 71.3 Å². The first-order chi connectivity index (χ1) is 11.4. The molecule has 0 radical (unpaired) electrons. The molecule has 126 valence electrons. The van der Waals surface area contributed by atoms with Crippen molar-refractivity contribution in [2.45, 2.75) is 19.4 Å². The van der Waals surface area contributed by atoms with Gasteiger partial charge in [-0.2, -0.15) is 0 Å². The van der Waals surface area contributed by atoms with Crippen molar-refractivity contribution < 1.29 is 14.7 Å². The number of benzene rings is 2. The molecule has 2 aromatic carbocycles. The molecule has 2 aromatic rings. The number of aliphatic hydroxyl groups is 1. The van der Waals surface area contributed by atoms with Gasteiger partial charge in [-0.25, -0.2) is 0 Å². The van der Waals surface area contributed by atoms with Gasteiger partial charge in [-0.05, 0) is 37.1 Å². The average molecular weight is 326 g/mol. The summed E-state index contributed by atoms with van der Waals surface area (Å²) in [4.78, 5) is 26.2. The first-order valence-electron chi connectivity index (χ1n) is 7.92. The Morgan fingerprint density at radius 1 is 1.00 bits per heavy atom. The predicted octanol–water partition coefficient (Wildman–Crippen LogP) is 1.89. The number of rotatable bonds is 6. The third kappa shape index (κ3) is 3.16. The van der Waals surface area contributed by atoms with Gasteiger partial charge in [-0.3, -0.25) is 9.59 Å². The zero-order chi connectivity index (χ0) is 17.7. The zero-order valence-electron chi connectivity index (χ0n) is 13.9. The van der Waals surface area contributed by atoms with Gasteiger partial charge in [-0.15, -0.1) is 0 Å². The van der Waals surface area contributed by atoms with E-state index in [0.717, 1.165) is 0 Å². The van der Waals surface area contributed by atoms with Gasteiger partial charge >= 0.3 is 0 Å². The molecule has 0 spiro atoms. The number of hydrogen-bond donors (Lipinski definition) is 2. The Balaban J connectivity index is 2.52. The lowest BCUT2D eigenvalue weighted by molar-refractivity contribution is -0.133. The minimum absolute atomic E-state index is 0.151. The van der Waals surface area contributed by atoms with Crippen LogP contribution in [-0.2, 0) is 10.4 Å². The molecule has 3 N–H and O–H groups in total. The normalized spacial score (nSPS) is 13.1. The van der Waals surface area contributed by atoms with E-state index >= 15 is 0 Å². The summed E-state index contributed by atoms with van der Waals surface area (Å²) in [5.74, 6) is -1.04. The molecule has 24 heavy (non-hydrogen) atoms. The van der Waals surface area contributed by atoms with Gasteiger partial charge in [-0.1, -0.05) is 42.5 Å². The SMILES string of the molecule is CCN(CC)C(=O)c1cccc(C(O)(C(N)=O)c2ccccc2)c1. The van der Waals surface area contributed by atoms with Gasteiger partial charge in [0.25, 0.3) is 11.8 Å². The maximum Gasteiger partial charge on any atom is 0.258 e. The lowest BCUT2D eigenvalue weighted by atomic mass is 9.85. The van der Waals surface area contributed by atoms with E-state index in [1.165, 1.54) is 6.07 Å². The summed E-state index contributed by atoms with van der Waals surface area (Å²) in [6, 6.07) is 14.9. The van der Waals surface area contributed by atoms with Gasteiger partial charge in [0.2, 0.25) is 0 Å². The highest BCUT2D eigenvalue weighted by Crippen LogP contribution is 2.30. The monoisotopic (exact) mass is 326 g/mol. The summed E-state index contributed by atoms with van der Waals surface area (Å²) in [7, 11) is 0. The molecule has 0 fully saturated rings. The van der Waals surface area contributed by atoms with Crippen LogP contribution in [0, 0.1) is 0 Å². The Kier molecular flexibility index (Phi) is 5.36. The van der Waals surface area contributed by atoms with Gasteiger partial charge in [0.1, 0.15) is 0 Å². The van der Waals surface area contributed by atoms with E-state index in [-0.39, 0.29) is 11.5 Å². The fourth-order valence-corrected chi connectivity index (χ4v) is 2.70. The fraction of sp³-hybridized carbons (Fsp3) is 0.263. The van der Waals surface area contributed by atoms with E-state index in [4.69, 9.17) is 5.73 Å². The van der Waals surface area contributed by atoms with Crippen LogP contribution in [0.5, 0.6) is 0 Å². The molecule has 0 bridgehead atoms. The van der Waals surface area contributed by atoms with Gasteiger partial charge in [0, 0.05) is 18.7 Å². The first-order valence-corrected chi connectivity index (χ1v) is 7.92. The molecule has 2 rings (SSSR count). The second kappa shape index (κ2) is 7.27. The molecule has 1 unspecified atom stereocenters. The van der Waals surface area contributed by atoms with Crippen LogP contribution in [0.3, 0.4) is 0 Å². The highest BCUT2D eigenvalue weighted by Gasteiger charge is 2.38. The van der Waals surface area contributed by atoms with E-state index in [0.29, 0.717) is 24.2 Å². The van der Waals surface area contributed by atoms with Crippen LogP contribution in [0.1, 0.15) is 35.3 Å². The lowest BCUT2D eigenvalue weighted by Gasteiger charge is -2.26. The Labute approximate surface area is 141 Å². The van der Waals surface area contributed by atoms with Crippen LogP contribution in [0.15, 0.2) is 54.6 Å². The Bertz CT molecular complexity index is 726. The van der Waals surface area contributed by atoms with E-state index in [2.05, 4.69) is 0 Å². The smallest absolute Gasteiger partial charge is 0.258 e. The zero-order valence-corrected chi connectivity index (χ0v) is 13.9. The maximum atomic E-state index is 12.5. The number of amides is 2. The van der Waals surface area contributed by atoms with Crippen LogP contribution >= 0.6 is 0 Å². The van der Waals surface area contributed by atoms with E-state index in [9.17, 15) is 14.7 Å². The largest absolute Gasteiger partial charge is 0.372 e. The summed E-state index contributed by atoms with van der Waals surface area (Å²) >= 11 is 0. The van der Waals surface area contributed by atoms with Gasteiger partial charge < -0.3 is 15.7 Å². The van der Waals surface area contributed by atoms with Crippen LogP contribution in [0.4, 0.5) is 0 Å². The number of nitrogens with zero attached hydrogens (tertiary/aromatic N) is 1. The Morgan fingerprint density at radius 3 is 2.12 bits per heavy atom. The number of carbonyl (C=O) groups is 2. The molecule has 0 saturated carbocycles. The van der Waals surface area contributed by atoms with E-state index < -0.39 is 11.5 Å². The molecule has 5 heteroatoms. The summed E-state index contributed by atoms with van der Waals surface area (Å²) in [6.07, 6.45) is 0. The fourth-order valence-electron chi connectivity index (χ4n) is 2.70. The van der Waals surface area contributed by atoms with Crippen LogP contribution in [-0.4, -0.2) is 34.9 Å². The maximum absolute atomic E-state index is 12.5. The van der Waals surface area contributed by atoms with Crippen LogP contribution < -0.4 is 5.73 Å². The molecule has 0 saturated heterocycles. The minimum Gasteiger partial charge on any atom is -0.372 e. The van der Waals surface area contributed by atoms with Crippen molar-refractivity contribution >= 4 is 11.8 Å². The lowest BCUT2D eigenvalue weighted by Crippen LogP contribution is -2.42. The van der Waals surface area contributed by atoms with Crippen LogP contribution in [0.25, 0.3) is 0 Å². The van der Waals surface area contributed by atoms with Crippen molar-refractivity contribution in [3.63, 3.8) is 0 Å². The molecule has 2 amide bonds. The summed E-state index contributed by atoms with van der Waals surface area (Å²) in [6.45, 7) is 4.96. The minimum atomic E-state index is -1.99. The number of hydrogen-bond acceptors (Lipinski definition) is 3. The van der Waals surface area contributed by atoms with Crippen molar-refractivity contribution in [2.24, 2.45) is 5.73 Å². The summed E-state index contributed by atoms with van der Waals surface area (Å²) in [5, 5.41) is 11.0. The van der Waals surface area contributed by atoms with Gasteiger partial charge in [0.15, 0.2) is 5.60 Å². The molecular formula is C19H22N2O3. The number of nitrogens with two attached hydrogens (primary N) is 1. The highest BCUT2D eigenvalue weighted by molar-refractivity contribution is 5.95. The molecule has 0 aliphatic heterocycles. The summed E-state index contributed by atoms with van der Waals surface area (Å²) in [5.41, 5.74) is 4.56. The number of carbonyl (C=O) groups excluding carboxylic acids is 2. The van der Waals surface area contributed by atoms with Crippen molar-refractivity contribution in [2.75, 3.05) is 13.1 Å². The second-order valence-corrected chi connectivity index (χ2v) is 5.50. The highest BCUT2D eigenvalue weighted by atomic mass is 16.3. The van der Waals surface area contributed by atoms with Crippen molar-refractivity contribution in [3.8, 4) is 0 Å². The molecule has 5 nitrogen and oxygen atoms in total. The third-order valence-electron chi connectivity index (χ3n) is 4.13. The van der Waals surface area contributed by atoms with Crippen LogP contribution in [0.2, 0.25) is 0 Å². The Hall–Kier alpha value is -2.66. The van der Waals surface area contributed by atoms with Crippen molar-refractivity contribution in [1.82, 2.24) is 4.90 Å². The third-order valence-corrected chi connectivity index (χ3v) is 4.13. The predicted molar refractivity (Wildman–Crippen MR) is 92.3 cm³/mol.